The number of para-hydroxylation sites is 1. The zero-order valence-corrected chi connectivity index (χ0v) is 17.5. The summed E-state index contributed by atoms with van der Waals surface area (Å²) in [6.45, 7) is 1.91. The minimum Gasteiger partial charge on any atom is -0.362 e. The van der Waals surface area contributed by atoms with Crippen LogP contribution >= 0.6 is 22.7 Å². The molecule has 5 rings (SSSR count). The lowest BCUT2D eigenvalue weighted by atomic mass is 9.77. The Balaban J connectivity index is 1.54. The van der Waals surface area contributed by atoms with Gasteiger partial charge in [0, 0.05) is 33.8 Å². The van der Waals surface area contributed by atoms with Gasteiger partial charge < -0.3 is 5.32 Å². The number of nitrogens with one attached hydrogen (secondary N) is 2. The highest BCUT2D eigenvalue weighted by molar-refractivity contribution is 7.22. The van der Waals surface area contributed by atoms with E-state index in [1.807, 2.05) is 48.7 Å². The van der Waals surface area contributed by atoms with Crippen LogP contribution in [0, 0.1) is 0 Å². The van der Waals surface area contributed by atoms with Crippen LogP contribution < -0.4 is 10.6 Å². The largest absolute Gasteiger partial charge is 0.362 e. The summed E-state index contributed by atoms with van der Waals surface area (Å²) in [7, 11) is 0. The Morgan fingerprint density at radius 3 is 2.86 bits per heavy atom. The first kappa shape index (κ1) is 18.3. The number of rotatable bonds is 3. The van der Waals surface area contributed by atoms with Crippen LogP contribution in [0.2, 0.25) is 0 Å². The third kappa shape index (κ3) is 3.20. The average Bonchev–Trinajstić information content (AvgIpc) is 3.36. The molecule has 1 aliphatic heterocycles. The van der Waals surface area contributed by atoms with Gasteiger partial charge in [-0.1, -0.05) is 29.5 Å². The Labute approximate surface area is 176 Å². The second-order valence-corrected chi connectivity index (χ2v) is 9.23. The molecule has 2 N–H and O–H groups in total. The van der Waals surface area contributed by atoms with Gasteiger partial charge in [0.25, 0.3) is 5.91 Å². The SMILES string of the molecule is CC1=C(C(=O)Nc2nc3ccccc3s2)C(c2cccs2)C2=C(CCCC2=O)N1. The van der Waals surface area contributed by atoms with E-state index in [9.17, 15) is 9.59 Å². The van der Waals surface area contributed by atoms with Gasteiger partial charge in [-0.15, -0.1) is 11.3 Å². The van der Waals surface area contributed by atoms with Crippen LogP contribution in [0.25, 0.3) is 10.2 Å². The molecule has 3 heterocycles. The normalized spacial score (nSPS) is 19.3. The number of Topliss-reactive ketones (excluding diaryl/α,β-unsaturated/α-hetero) is 1. The molecular formula is C22H19N3O2S2. The number of amides is 1. The molecule has 2 aromatic heterocycles. The molecule has 0 spiro atoms. The fourth-order valence-electron chi connectivity index (χ4n) is 4.11. The van der Waals surface area contributed by atoms with Crippen molar-refractivity contribution in [3.05, 3.63) is 69.2 Å². The predicted octanol–water partition coefficient (Wildman–Crippen LogP) is 4.96. The van der Waals surface area contributed by atoms with Gasteiger partial charge in [-0.2, -0.15) is 0 Å². The summed E-state index contributed by atoms with van der Waals surface area (Å²) in [6.07, 6.45) is 2.23. The quantitative estimate of drug-likeness (QED) is 0.627. The first-order valence-electron chi connectivity index (χ1n) is 9.56. The topological polar surface area (TPSA) is 71.1 Å². The van der Waals surface area contributed by atoms with E-state index in [1.165, 1.54) is 11.3 Å². The van der Waals surface area contributed by atoms with Crippen molar-refractivity contribution in [3.8, 4) is 0 Å². The molecule has 0 radical (unpaired) electrons. The second-order valence-electron chi connectivity index (χ2n) is 7.22. The minimum absolute atomic E-state index is 0.134. The highest BCUT2D eigenvalue weighted by Gasteiger charge is 2.39. The van der Waals surface area contributed by atoms with Gasteiger partial charge in [0.05, 0.1) is 16.1 Å². The number of carbonyl (C=O) groups excluding carboxylic acids is 2. The lowest BCUT2D eigenvalue weighted by Crippen LogP contribution is -2.35. The van der Waals surface area contributed by atoms with Crippen molar-refractivity contribution in [2.45, 2.75) is 32.1 Å². The summed E-state index contributed by atoms with van der Waals surface area (Å²) in [4.78, 5) is 31.7. The summed E-state index contributed by atoms with van der Waals surface area (Å²) in [6, 6.07) is 11.8. The lowest BCUT2D eigenvalue weighted by Gasteiger charge is -2.33. The van der Waals surface area contributed by atoms with E-state index in [1.54, 1.807) is 11.3 Å². The van der Waals surface area contributed by atoms with Crippen molar-refractivity contribution in [1.82, 2.24) is 10.3 Å². The number of dihydropyridines is 1. The molecule has 29 heavy (non-hydrogen) atoms. The monoisotopic (exact) mass is 421 g/mol. The first-order chi connectivity index (χ1) is 14.1. The third-order valence-corrected chi connectivity index (χ3v) is 7.25. The fourth-order valence-corrected chi connectivity index (χ4v) is 5.82. The van der Waals surface area contributed by atoms with Crippen LogP contribution in [0.4, 0.5) is 5.13 Å². The molecule has 5 nitrogen and oxygen atoms in total. The van der Waals surface area contributed by atoms with E-state index < -0.39 is 0 Å². The summed E-state index contributed by atoms with van der Waals surface area (Å²) >= 11 is 3.03. The number of anilines is 1. The third-order valence-electron chi connectivity index (χ3n) is 5.36. The minimum atomic E-state index is -0.326. The van der Waals surface area contributed by atoms with Gasteiger partial charge in [0.15, 0.2) is 10.9 Å². The molecule has 0 saturated heterocycles. The summed E-state index contributed by atoms with van der Waals surface area (Å²) < 4.78 is 1.03. The maximum absolute atomic E-state index is 13.4. The van der Waals surface area contributed by atoms with Gasteiger partial charge in [-0.25, -0.2) is 4.98 Å². The molecule has 1 amide bonds. The number of ketones is 1. The molecule has 3 aromatic rings. The number of aromatic nitrogens is 1. The Hall–Kier alpha value is -2.77. The van der Waals surface area contributed by atoms with E-state index in [0.717, 1.165) is 44.9 Å². The maximum atomic E-state index is 13.4. The molecule has 7 heteroatoms. The molecule has 0 bridgehead atoms. The number of hydrogen-bond acceptors (Lipinski definition) is 6. The zero-order chi connectivity index (χ0) is 20.0. The number of thiophene rings is 1. The van der Waals surface area contributed by atoms with E-state index in [4.69, 9.17) is 0 Å². The molecule has 0 fully saturated rings. The number of fused-ring (bicyclic) bond motifs is 1. The lowest BCUT2D eigenvalue weighted by molar-refractivity contribution is -0.116. The van der Waals surface area contributed by atoms with Crippen molar-refractivity contribution in [3.63, 3.8) is 0 Å². The Morgan fingerprint density at radius 2 is 2.07 bits per heavy atom. The molecule has 1 atom stereocenters. The van der Waals surface area contributed by atoms with Crippen LogP contribution in [-0.4, -0.2) is 16.7 Å². The van der Waals surface area contributed by atoms with Gasteiger partial charge >= 0.3 is 0 Å². The number of carbonyl (C=O) groups is 2. The molecule has 1 aromatic carbocycles. The highest BCUT2D eigenvalue weighted by atomic mass is 32.1. The smallest absolute Gasteiger partial charge is 0.256 e. The van der Waals surface area contributed by atoms with Crippen LogP contribution in [0.5, 0.6) is 0 Å². The van der Waals surface area contributed by atoms with E-state index in [-0.39, 0.29) is 17.6 Å². The van der Waals surface area contributed by atoms with Gasteiger partial charge in [0.1, 0.15) is 0 Å². The second kappa shape index (κ2) is 7.24. The highest BCUT2D eigenvalue weighted by Crippen LogP contribution is 2.44. The number of allylic oxidation sites excluding steroid dienone is 3. The van der Waals surface area contributed by atoms with Gasteiger partial charge in [-0.3, -0.25) is 14.9 Å². The summed E-state index contributed by atoms with van der Waals surface area (Å²) in [5.74, 6) is -0.402. The van der Waals surface area contributed by atoms with E-state index in [0.29, 0.717) is 17.1 Å². The molecule has 1 unspecified atom stereocenters. The number of hydrogen-bond donors (Lipinski definition) is 2. The Kier molecular flexibility index (Phi) is 4.56. The van der Waals surface area contributed by atoms with Gasteiger partial charge in [0.2, 0.25) is 0 Å². The van der Waals surface area contributed by atoms with Crippen molar-refractivity contribution in [2.75, 3.05) is 5.32 Å². The van der Waals surface area contributed by atoms with Crippen LogP contribution in [0.3, 0.4) is 0 Å². The first-order valence-corrected chi connectivity index (χ1v) is 11.3. The predicted molar refractivity (Wildman–Crippen MR) is 117 cm³/mol. The summed E-state index contributed by atoms with van der Waals surface area (Å²) in [5.41, 5.74) is 3.98. The van der Waals surface area contributed by atoms with Crippen molar-refractivity contribution >= 4 is 49.7 Å². The summed E-state index contributed by atoms with van der Waals surface area (Å²) in [5, 5.41) is 8.88. The van der Waals surface area contributed by atoms with Crippen molar-refractivity contribution < 1.29 is 9.59 Å². The van der Waals surface area contributed by atoms with Crippen molar-refractivity contribution in [2.24, 2.45) is 0 Å². The van der Waals surface area contributed by atoms with Crippen LogP contribution in [0.15, 0.2) is 64.3 Å². The number of thiazole rings is 1. The van der Waals surface area contributed by atoms with Crippen LogP contribution in [0.1, 0.15) is 37.0 Å². The number of nitrogens with zero attached hydrogens (tertiary/aromatic N) is 1. The Morgan fingerprint density at radius 1 is 1.21 bits per heavy atom. The molecule has 146 valence electrons. The molecule has 2 aliphatic rings. The van der Waals surface area contributed by atoms with E-state index in [2.05, 4.69) is 15.6 Å². The Bertz CT molecular complexity index is 1150. The standard InChI is InChI=1S/C22H19N3O2S2/c1-12-18(21(27)25-22-24-13-6-2-3-9-16(13)29-22)20(17-10-5-11-28-17)19-14(23-12)7-4-8-15(19)26/h2-3,5-6,9-11,20,23H,4,7-8H2,1H3,(H,24,25,27). The van der Waals surface area contributed by atoms with Crippen LogP contribution in [-0.2, 0) is 9.59 Å². The molecule has 1 aliphatic carbocycles. The van der Waals surface area contributed by atoms with E-state index >= 15 is 0 Å². The zero-order valence-electron chi connectivity index (χ0n) is 15.8. The fraction of sp³-hybridized carbons (Fsp3) is 0.227. The number of benzene rings is 1. The van der Waals surface area contributed by atoms with Gasteiger partial charge in [-0.05, 0) is 43.3 Å². The molecular weight excluding hydrogens is 402 g/mol. The average molecular weight is 422 g/mol. The van der Waals surface area contributed by atoms with Crippen molar-refractivity contribution in [1.29, 1.82) is 0 Å². The molecule has 0 saturated carbocycles. The maximum Gasteiger partial charge on any atom is 0.256 e.